The van der Waals surface area contributed by atoms with E-state index in [1.807, 2.05) is 31.2 Å². The third kappa shape index (κ3) is 3.00. The summed E-state index contributed by atoms with van der Waals surface area (Å²) in [5.41, 5.74) is 2.43. The predicted octanol–water partition coefficient (Wildman–Crippen LogP) is 4.24. The quantitative estimate of drug-likeness (QED) is 0.792. The van der Waals surface area contributed by atoms with Crippen molar-refractivity contribution in [2.75, 3.05) is 12.0 Å². The van der Waals surface area contributed by atoms with E-state index < -0.39 is 0 Å². The predicted molar refractivity (Wildman–Crippen MR) is 92.6 cm³/mol. The minimum absolute atomic E-state index is 0.280. The van der Waals surface area contributed by atoms with E-state index in [2.05, 4.69) is 0 Å². The molecule has 5 heteroatoms. The summed E-state index contributed by atoms with van der Waals surface area (Å²) >= 11 is 0.955. The molecular weight excluding hydrogens is 310 g/mol. The number of hydrogen-bond acceptors (Lipinski definition) is 4. The van der Waals surface area contributed by atoms with Crippen molar-refractivity contribution in [1.29, 1.82) is 0 Å². The highest BCUT2D eigenvalue weighted by atomic mass is 32.2. The molecular formula is C18H15NO3S. The van der Waals surface area contributed by atoms with E-state index in [4.69, 9.17) is 4.74 Å². The van der Waals surface area contributed by atoms with Crippen molar-refractivity contribution in [1.82, 2.24) is 0 Å². The fourth-order valence-corrected chi connectivity index (χ4v) is 3.25. The Labute approximate surface area is 138 Å². The van der Waals surface area contributed by atoms with E-state index >= 15 is 0 Å². The molecule has 2 aromatic carbocycles. The van der Waals surface area contributed by atoms with Crippen LogP contribution in [0, 0.1) is 6.92 Å². The SMILES string of the molecule is COc1ccc(/C=C2/SC(=O)N(c3ccccc3)C2=O)cc1C. The maximum Gasteiger partial charge on any atom is 0.298 e. The molecule has 0 atom stereocenters. The van der Waals surface area contributed by atoms with Crippen LogP contribution >= 0.6 is 11.8 Å². The van der Waals surface area contributed by atoms with Gasteiger partial charge in [0, 0.05) is 0 Å². The summed E-state index contributed by atoms with van der Waals surface area (Å²) in [5.74, 6) is 0.499. The van der Waals surface area contributed by atoms with Gasteiger partial charge in [-0.15, -0.1) is 0 Å². The van der Waals surface area contributed by atoms with Crippen molar-refractivity contribution in [2.24, 2.45) is 0 Å². The zero-order chi connectivity index (χ0) is 16.4. The van der Waals surface area contributed by atoms with E-state index in [0.717, 1.165) is 28.6 Å². The number of para-hydroxylation sites is 1. The van der Waals surface area contributed by atoms with Crippen LogP contribution in [0.4, 0.5) is 10.5 Å². The van der Waals surface area contributed by atoms with Crippen LogP contribution in [-0.4, -0.2) is 18.3 Å². The van der Waals surface area contributed by atoms with Gasteiger partial charge in [-0.25, -0.2) is 4.90 Å². The summed E-state index contributed by atoms with van der Waals surface area (Å²) in [6.07, 6.45) is 1.74. The third-order valence-corrected chi connectivity index (χ3v) is 4.39. The molecule has 4 nitrogen and oxygen atoms in total. The van der Waals surface area contributed by atoms with Crippen LogP contribution in [0.2, 0.25) is 0 Å². The number of methoxy groups -OCH3 is 1. The fraction of sp³-hybridized carbons (Fsp3) is 0.111. The smallest absolute Gasteiger partial charge is 0.298 e. The molecule has 0 saturated carbocycles. The zero-order valence-electron chi connectivity index (χ0n) is 12.8. The number of carbonyl (C=O) groups is 2. The number of imide groups is 1. The van der Waals surface area contributed by atoms with Gasteiger partial charge in [0.1, 0.15) is 5.75 Å². The minimum atomic E-state index is -0.292. The van der Waals surface area contributed by atoms with Crippen LogP contribution in [0.25, 0.3) is 6.08 Å². The van der Waals surface area contributed by atoms with E-state index in [1.54, 1.807) is 37.5 Å². The molecule has 0 spiro atoms. The summed E-state index contributed by atoms with van der Waals surface area (Å²) < 4.78 is 5.23. The topological polar surface area (TPSA) is 46.6 Å². The number of carbonyl (C=O) groups excluding carboxylic acids is 2. The van der Waals surface area contributed by atoms with Crippen LogP contribution in [-0.2, 0) is 4.79 Å². The molecule has 0 N–H and O–H groups in total. The molecule has 1 heterocycles. The van der Waals surface area contributed by atoms with Crippen molar-refractivity contribution in [3.63, 3.8) is 0 Å². The maximum atomic E-state index is 12.5. The number of ether oxygens (including phenoxy) is 1. The van der Waals surface area contributed by atoms with Crippen LogP contribution in [0.1, 0.15) is 11.1 Å². The largest absolute Gasteiger partial charge is 0.496 e. The molecule has 116 valence electrons. The number of aryl methyl sites for hydroxylation is 1. The van der Waals surface area contributed by atoms with Gasteiger partial charge in [-0.1, -0.05) is 24.3 Å². The fourth-order valence-electron chi connectivity index (χ4n) is 2.41. The van der Waals surface area contributed by atoms with E-state index in [0.29, 0.717) is 10.6 Å². The molecule has 1 fully saturated rings. The number of rotatable bonds is 3. The first-order valence-electron chi connectivity index (χ1n) is 7.08. The van der Waals surface area contributed by atoms with Crippen LogP contribution < -0.4 is 9.64 Å². The Morgan fingerprint density at radius 2 is 1.83 bits per heavy atom. The maximum absolute atomic E-state index is 12.5. The molecule has 0 bridgehead atoms. The third-order valence-electron chi connectivity index (χ3n) is 3.52. The second kappa shape index (κ2) is 6.30. The number of anilines is 1. The standard InChI is InChI=1S/C18H15NO3S/c1-12-10-13(8-9-15(12)22-2)11-16-17(20)19(18(21)23-16)14-6-4-3-5-7-14/h3-11H,1-2H3/b16-11+. The van der Waals surface area contributed by atoms with Gasteiger partial charge in [-0.05, 0) is 60.2 Å². The lowest BCUT2D eigenvalue weighted by Gasteiger charge is -2.11. The average molecular weight is 325 g/mol. The molecule has 2 aromatic rings. The van der Waals surface area contributed by atoms with Crippen LogP contribution in [0.3, 0.4) is 0 Å². The lowest BCUT2D eigenvalue weighted by Crippen LogP contribution is -2.27. The highest BCUT2D eigenvalue weighted by Crippen LogP contribution is 2.35. The van der Waals surface area contributed by atoms with Crippen LogP contribution in [0.5, 0.6) is 5.75 Å². The Kier molecular flexibility index (Phi) is 4.21. The molecule has 3 rings (SSSR count). The summed E-state index contributed by atoms with van der Waals surface area (Å²) in [5, 5.41) is -0.280. The van der Waals surface area contributed by atoms with Crippen molar-refractivity contribution in [2.45, 2.75) is 6.92 Å². The Bertz CT molecular complexity index is 799. The van der Waals surface area contributed by atoms with E-state index in [1.165, 1.54) is 4.90 Å². The van der Waals surface area contributed by atoms with Gasteiger partial charge >= 0.3 is 0 Å². The number of nitrogens with zero attached hydrogens (tertiary/aromatic N) is 1. The lowest BCUT2D eigenvalue weighted by atomic mass is 10.1. The van der Waals surface area contributed by atoms with Gasteiger partial charge < -0.3 is 4.74 Å². The van der Waals surface area contributed by atoms with Gasteiger partial charge in [0.15, 0.2) is 0 Å². The Morgan fingerprint density at radius 1 is 1.09 bits per heavy atom. The first-order chi connectivity index (χ1) is 11.1. The zero-order valence-corrected chi connectivity index (χ0v) is 13.6. The normalized spacial score (nSPS) is 16.3. The van der Waals surface area contributed by atoms with Crippen molar-refractivity contribution < 1.29 is 14.3 Å². The number of hydrogen-bond donors (Lipinski definition) is 0. The monoisotopic (exact) mass is 325 g/mol. The molecule has 0 aliphatic carbocycles. The number of benzene rings is 2. The van der Waals surface area contributed by atoms with Gasteiger partial charge in [0.25, 0.3) is 11.1 Å². The molecule has 0 unspecified atom stereocenters. The molecule has 2 amide bonds. The van der Waals surface area contributed by atoms with Gasteiger partial charge in [0.2, 0.25) is 0 Å². The Balaban J connectivity index is 1.91. The molecule has 1 aliphatic heterocycles. The molecule has 1 aliphatic rings. The lowest BCUT2D eigenvalue weighted by molar-refractivity contribution is -0.113. The summed E-state index contributed by atoms with van der Waals surface area (Å²) in [6, 6.07) is 14.6. The average Bonchev–Trinajstić information content (AvgIpc) is 2.82. The molecule has 1 saturated heterocycles. The second-order valence-electron chi connectivity index (χ2n) is 5.08. The van der Waals surface area contributed by atoms with Gasteiger partial charge in [-0.3, -0.25) is 9.59 Å². The second-order valence-corrected chi connectivity index (χ2v) is 6.07. The Hall–Kier alpha value is -2.53. The first kappa shape index (κ1) is 15.4. The summed E-state index contributed by atoms with van der Waals surface area (Å²) in [4.78, 5) is 26.3. The number of thioether (sulfide) groups is 1. The highest BCUT2D eigenvalue weighted by Gasteiger charge is 2.36. The number of amides is 2. The molecule has 23 heavy (non-hydrogen) atoms. The van der Waals surface area contributed by atoms with Crippen molar-refractivity contribution in [3.8, 4) is 5.75 Å². The summed E-state index contributed by atoms with van der Waals surface area (Å²) in [7, 11) is 1.62. The first-order valence-corrected chi connectivity index (χ1v) is 7.89. The van der Waals surface area contributed by atoms with E-state index in [9.17, 15) is 9.59 Å². The van der Waals surface area contributed by atoms with E-state index in [-0.39, 0.29) is 11.1 Å². The molecule has 0 aromatic heterocycles. The Morgan fingerprint density at radius 3 is 2.48 bits per heavy atom. The summed E-state index contributed by atoms with van der Waals surface area (Å²) in [6.45, 7) is 1.94. The van der Waals surface area contributed by atoms with Crippen molar-refractivity contribution >= 4 is 34.7 Å². The highest BCUT2D eigenvalue weighted by molar-refractivity contribution is 8.19. The van der Waals surface area contributed by atoms with Crippen molar-refractivity contribution in [3.05, 3.63) is 64.6 Å². The molecule has 0 radical (unpaired) electrons. The minimum Gasteiger partial charge on any atom is -0.496 e. The van der Waals surface area contributed by atoms with Crippen LogP contribution in [0.15, 0.2) is 53.4 Å². The van der Waals surface area contributed by atoms with Gasteiger partial charge in [-0.2, -0.15) is 0 Å². The van der Waals surface area contributed by atoms with Gasteiger partial charge in [0.05, 0.1) is 17.7 Å².